The molecule has 2 aromatic rings. The number of nitrogens with zero attached hydrogens (tertiary/aromatic N) is 2. The van der Waals surface area contributed by atoms with E-state index in [2.05, 4.69) is 5.32 Å². The number of nitrogens with one attached hydrogen (secondary N) is 1. The number of rotatable bonds is 4. The fourth-order valence-corrected chi connectivity index (χ4v) is 3.10. The molecule has 24 heavy (non-hydrogen) atoms. The van der Waals surface area contributed by atoms with Crippen LogP contribution < -0.4 is 5.32 Å². The molecule has 0 aliphatic carbocycles. The van der Waals surface area contributed by atoms with E-state index < -0.39 is 17.1 Å². The first kappa shape index (κ1) is 16.1. The summed E-state index contributed by atoms with van der Waals surface area (Å²) in [5.74, 6) is -0.860. The molecule has 0 saturated carbocycles. The lowest BCUT2D eigenvalue weighted by Gasteiger charge is -2.12. The highest BCUT2D eigenvalue weighted by molar-refractivity contribution is 8.18. The minimum atomic E-state index is -0.447. The number of hydrogen-bond acceptors (Lipinski definition) is 4. The van der Waals surface area contributed by atoms with Crippen molar-refractivity contribution in [2.75, 3.05) is 11.9 Å². The Kier molecular flexibility index (Phi) is 4.52. The normalized spacial score (nSPS) is 16.0. The summed E-state index contributed by atoms with van der Waals surface area (Å²) in [5.41, 5.74) is 1.45. The van der Waals surface area contributed by atoms with Crippen LogP contribution in [0.5, 0.6) is 0 Å². The second-order valence-electron chi connectivity index (χ2n) is 5.29. The van der Waals surface area contributed by atoms with Gasteiger partial charge in [0.2, 0.25) is 5.91 Å². The number of amides is 3. The van der Waals surface area contributed by atoms with Gasteiger partial charge in [0.25, 0.3) is 11.1 Å². The molecule has 1 N–H and O–H groups in total. The molecule has 0 unspecified atom stereocenters. The highest BCUT2D eigenvalue weighted by atomic mass is 32.2. The molecule has 2 heterocycles. The molecule has 0 radical (unpaired) electrons. The minimum Gasteiger partial charge on any atom is -0.357 e. The number of carbonyl (C=O) groups excluding carboxylic acids is 3. The largest absolute Gasteiger partial charge is 0.357 e. The summed E-state index contributed by atoms with van der Waals surface area (Å²) >= 11 is 0.843. The first-order valence-electron chi connectivity index (χ1n) is 7.25. The lowest BCUT2D eigenvalue weighted by Crippen LogP contribution is -2.36. The highest BCUT2D eigenvalue weighted by Crippen LogP contribution is 2.32. The Morgan fingerprint density at radius 1 is 1.21 bits per heavy atom. The van der Waals surface area contributed by atoms with Gasteiger partial charge in [0.05, 0.1) is 4.91 Å². The number of carbonyl (C=O) groups is 3. The summed E-state index contributed by atoms with van der Waals surface area (Å²) in [6, 6.07) is 10.7. The quantitative estimate of drug-likeness (QED) is 0.868. The lowest BCUT2D eigenvalue weighted by atomic mass is 10.3. The molecule has 122 valence electrons. The SMILES string of the molecule is Cn1ccc(/C=C2/SC(=O)N(CC(=O)Nc3ccccc3)C2=O)c1. The van der Waals surface area contributed by atoms with Crippen molar-refractivity contribution in [1.29, 1.82) is 0 Å². The van der Waals surface area contributed by atoms with E-state index in [-0.39, 0.29) is 6.54 Å². The van der Waals surface area contributed by atoms with Crippen LogP contribution in [0.25, 0.3) is 6.08 Å². The Morgan fingerprint density at radius 2 is 1.96 bits per heavy atom. The van der Waals surface area contributed by atoms with Gasteiger partial charge < -0.3 is 9.88 Å². The van der Waals surface area contributed by atoms with Gasteiger partial charge in [-0.15, -0.1) is 0 Å². The van der Waals surface area contributed by atoms with Crippen molar-refractivity contribution < 1.29 is 14.4 Å². The van der Waals surface area contributed by atoms with Gasteiger partial charge in [-0.2, -0.15) is 0 Å². The Balaban J connectivity index is 1.68. The number of para-hydroxylation sites is 1. The van der Waals surface area contributed by atoms with E-state index in [4.69, 9.17) is 0 Å². The molecule has 0 bridgehead atoms. The summed E-state index contributed by atoms with van der Waals surface area (Å²) in [4.78, 5) is 37.7. The van der Waals surface area contributed by atoms with Gasteiger partial charge in [0, 0.05) is 25.1 Å². The van der Waals surface area contributed by atoms with Crippen molar-refractivity contribution in [3.05, 3.63) is 59.3 Å². The molecule has 1 aliphatic rings. The van der Waals surface area contributed by atoms with E-state index >= 15 is 0 Å². The van der Waals surface area contributed by atoms with E-state index in [0.29, 0.717) is 10.6 Å². The van der Waals surface area contributed by atoms with Crippen LogP contribution in [-0.2, 0) is 16.6 Å². The molecule has 1 aliphatic heterocycles. The fraction of sp³-hybridized carbons (Fsp3) is 0.118. The average Bonchev–Trinajstić information content (AvgIpc) is 3.07. The molecular formula is C17H15N3O3S. The number of benzene rings is 1. The predicted molar refractivity (Wildman–Crippen MR) is 93.2 cm³/mol. The lowest BCUT2D eigenvalue weighted by molar-refractivity contribution is -0.127. The molecule has 3 amide bonds. The van der Waals surface area contributed by atoms with Crippen molar-refractivity contribution in [2.45, 2.75) is 0 Å². The molecule has 0 spiro atoms. The van der Waals surface area contributed by atoms with Crippen LogP contribution in [0.4, 0.5) is 10.5 Å². The molecule has 1 saturated heterocycles. The van der Waals surface area contributed by atoms with E-state index in [9.17, 15) is 14.4 Å². The third-order valence-corrected chi connectivity index (χ3v) is 4.29. The molecular weight excluding hydrogens is 326 g/mol. The van der Waals surface area contributed by atoms with Crippen LogP contribution in [0.1, 0.15) is 5.56 Å². The van der Waals surface area contributed by atoms with Crippen molar-refractivity contribution in [2.24, 2.45) is 7.05 Å². The first-order chi connectivity index (χ1) is 11.5. The number of hydrogen-bond donors (Lipinski definition) is 1. The maximum absolute atomic E-state index is 12.3. The minimum absolute atomic E-state index is 0.300. The summed E-state index contributed by atoms with van der Waals surface area (Å²) in [7, 11) is 1.87. The summed E-state index contributed by atoms with van der Waals surface area (Å²) in [5, 5.41) is 2.22. The Labute approximate surface area is 143 Å². The van der Waals surface area contributed by atoms with Crippen LogP contribution in [0.2, 0.25) is 0 Å². The first-order valence-corrected chi connectivity index (χ1v) is 8.07. The van der Waals surface area contributed by atoms with Crippen LogP contribution in [0.15, 0.2) is 53.7 Å². The predicted octanol–water partition coefficient (Wildman–Crippen LogP) is 2.70. The van der Waals surface area contributed by atoms with Crippen LogP contribution in [0, 0.1) is 0 Å². The zero-order chi connectivity index (χ0) is 17.1. The number of thioether (sulfide) groups is 1. The molecule has 1 aromatic heterocycles. The van der Waals surface area contributed by atoms with Gasteiger partial charge in [0.15, 0.2) is 0 Å². The number of aromatic nitrogens is 1. The van der Waals surface area contributed by atoms with Crippen molar-refractivity contribution in [3.8, 4) is 0 Å². The van der Waals surface area contributed by atoms with Crippen LogP contribution in [0.3, 0.4) is 0 Å². The monoisotopic (exact) mass is 341 g/mol. The van der Waals surface area contributed by atoms with Crippen molar-refractivity contribution in [3.63, 3.8) is 0 Å². The van der Waals surface area contributed by atoms with E-state index in [1.807, 2.05) is 36.1 Å². The third-order valence-electron chi connectivity index (χ3n) is 3.39. The smallest absolute Gasteiger partial charge is 0.294 e. The maximum atomic E-state index is 12.3. The standard InChI is InChI=1S/C17H15N3O3S/c1-19-8-7-12(10-19)9-14-16(22)20(17(23)24-14)11-15(21)18-13-5-3-2-4-6-13/h2-10H,11H2,1H3,(H,18,21)/b14-9+. The average molecular weight is 341 g/mol. The van der Waals surface area contributed by atoms with Gasteiger partial charge in [0.1, 0.15) is 6.54 Å². The number of imide groups is 1. The molecule has 7 heteroatoms. The Morgan fingerprint density at radius 3 is 2.62 bits per heavy atom. The topological polar surface area (TPSA) is 71.4 Å². The van der Waals surface area contributed by atoms with Gasteiger partial charge >= 0.3 is 0 Å². The summed E-state index contributed by atoms with van der Waals surface area (Å²) < 4.78 is 1.85. The van der Waals surface area contributed by atoms with Gasteiger partial charge in [-0.25, -0.2) is 0 Å². The van der Waals surface area contributed by atoms with E-state index in [0.717, 1.165) is 22.2 Å². The second kappa shape index (κ2) is 6.76. The fourth-order valence-electron chi connectivity index (χ4n) is 2.26. The van der Waals surface area contributed by atoms with Crippen molar-refractivity contribution in [1.82, 2.24) is 9.47 Å². The maximum Gasteiger partial charge on any atom is 0.294 e. The molecule has 0 atom stereocenters. The summed E-state index contributed by atoms with van der Waals surface area (Å²) in [6.07, 6.45) is 5.35. The third kappa shape index (κ3) is 3.57. The van der Waals surface area contributed by atoms with Gasteiger partial charge in [-0.1, -0.05) is 18.2 Å². The van der Waals surface area contributed by atoms with Crippen molar-refractivity contribution >= 4 is 40.6 Å². The molecule has 6 nitrogen and oxygen atoms in total. The van der Waals surface area contributed by atoms with E-state index in [1.165, 1.54) is 0 Å². The molecule has 3 rings (SSSR count). The highest BCUT2D eigenvalue weighted by Gasteiger charge is 2.36. The molecule has 1 aromatic carbocycles. The van der Waals surface area contributed by atoms with Crippen LogP contribution >= 0.6 is 11.8 Å². The van der Waals surface area contributed by atoms with E-state index in [1.54, 1.807) is 30.3 Å². The van der Waals surface area contributed by atoms with Gasteiger partial charge in [-0.3, -0.25) is 19.3 Å². The van der Waals surface area contributed by atoms with Gasteiger partial charge in [-0.05, 0) is 41.6 Å². The number of anilines is 1. The molecule has 1 fully saturated rings. The second-order valence-corrected chi connectivity index (χ2v) is 6.29. The Bertz CT molecular complexity index is 827. The zero-order valence-electron chi connectivity index (χ0n) is 12.9. The summed E-state index contributed by atoms with van der Waals surface area (Å²) in [6.45, 7) is -0.300. The number of aryl methyl sites for hydroxylation is 1. The van der Waals surface area contributed by atoms with Crippen LogP contribution in [-0.4, -0.2) is 33.1 Å². The Hall–Kier alpha value is -2.80. The zero-order valence-corrected chi connectivity index (χ0v) is 13.7.